The normalized spacial score (nSPS) is 14.0. The molecule has 0 atom stereocenters. The maximum absolute atomic E-state index is 12.7. The molecule has 0 spiro atoms. The van der Waals surface area contributed by atoms with Gasteiger partial charge in [-0.3, -0.25) is 14.7 Å². The Morgan fingerprint density at radius 2 is 1.92 bits per heavy atom. The van der Waals surface area contributed by atoms with Crippen molar-refractivity contribution in [2.75, 3.05) is 13.1 Å². The molecule has 1 amide bonds. The number of benzene rings is 2. The van der Waals surface area contributed by atoms with Crippen LogP contribution >= 0.6 is 50.9 Å². The molecule has 2 aromatic rings. The molecule has 24 heavy (non-hydrogen) atoms. The Bertz CT molecular complexity index is 796. The number of amidine groups is 1. The summed E-state index contributed by atoms with van der Waals surface area (Å²) < 4.78 is 0.948. The van der Waals surface area contributed by atoms with Crippen LogP contribution in [0.2, 0.25) is 10.0 Å². The molecule has 124 valence electrons. The minimum atomic E-state index is -0.0274. The lowest BCUT2D eigenvalue weighted by Crippen LogP contribution is -2.32. The Hall–Kier alpha value is -1.01. The molecule has 3 rings (SSSR count). The van der Waals surface area contributed by atoms with Gasteiger partial charge in [-0.25, -0.2) is 0 Å². The third-order valence-electron chi connectivity index (χ3n) is 3.49. The fraction of sp³-hybridized carbons (Fsp3) is 0.176. The van der Waals surface area contributed by atoms with Gasteiger partial charge in [-0.05, 0) is 42.0 Å². The standard InChI is InChI=1S/C17H13BrCl2N2OS/c18-13-4-2-12(3-5-13)16(23)22-8-7-21-17(22)24-10-11-1-6-14(19)15(20)9-11/h1-6,9H,7-8,10H2. The lowest BCUT2D eigenvalue weighted by Gasteiger charge is -2.18. The largest absolute Gasteiger partial charge is 0.286 e. The fourth-order valence-corrected chi connectivity index (χ4v) is 3.84. The van der Waals surface area contributed by atoms with E-state index >= 15 is 0 Å². The van der Waals surface area contributed by atoms with E-state index in [0.29, 0.717) is 34.5 Å². The van der Waals surface area contributed by atoms with Gasteiger partial charge in [-0.1, -0.05) is 57.0 Å². The number of carbonyl (C=O) groups is 1. The Morgan fingerprint density at radius 3 is 2.62 bits per heavy atom. The molecule has 1 heterocycles. The topological polar surface area (TPSA) is 32.7 Å². The number of aliphatic imine (C=N–C) groups is 1. The number of amides is 1. The summed E-state index contributed by atoms with van der Waals surface area (Å²) in [5, 5.41) is 1.82. The third-order valence-corrected chi connectivity index (χ3v) is 5.84. The highest BCUT2D eigenvalue weighted by Crippen LogP contribution is 2.26. The Morgan fingerprint density at radius 1 is 1.17 bits per heavy atom. The molecule has 0 radical (unpaired) electrons. The summed E-state index contributed by atoms with van der Waals surface area (Å²) in [6.45, 7) is 1.24. The summed E-state index contributed by atoms with van der Waals surface area (Å²) in [5.74, 6) is 0.653. The zero-order valence-corrected chi connectivity index (χ0v) is 16.4. The molecular formula is C17H13BrCl2N2OS. The summed E-state index contributed by atoms with van der Waals surface area (Å²) in [6.07, 6.45) is 0. The van der Waals surface area contributed by atoms with Crippen molar-refractivity contribution in [3.63, 3.8) is 0 Å². The molecule has 1 aliphatic heterocycles. The monoisotopic (exact) mass is 442 g/mol. The minimum Gasteiger partial charge on any atom is -0.286 e. The Labute approximate surface area is 163 Å². The smallest absolute Gasteiger partial charge is 0.259 e. The molecule has 0 saturated carbocycles. The van der Waals surface area contributed by atoms with Crippen LogP contribution in [0.25, 0.3) is 0 Å². The number of hydrogen-bond donors (Lipinski definition) is 0. The molecule has 0 aromatic heterocycles. The molecule has 0 saturated heterocycles. The minimum absolute atomic E-state index is 0.0274. The van der Waals surface area contributed by atoms with Crippen molar-refractivity contribution in [1.82, 2.24) is 4.90 Å². The Balaban J connectivity index is 1.68. The SMILES string of the molecule is O=C(c1ccc(Br)cc1)N1CCN=C1SCc1ccc(Cl)c(Cl)c1. The van der Waals surface area contributed by atoms with Gasteiger partial charge >= 0.3 is 0 Å². The quantitative estimate of drug-likeness (QED) is 0.627. The average Bonchev–Trinajstić information content (AvgIpc) is 3.04. The van der Waals surface area contributed by atoms with E-state index in [2.05, 4.69) is 20.9 Å². The van der Waals surface area contributed by atoms with E-state index in [9.17, 15) is 4.79 Å². The summed E-state index contributed by atoms with van der Waals surface area (Å²) in [4.78, 5) is 18.8. The number of hydrogen-bond acceptors (Lipinski definition) is 3. The number of nitrogens with zero attached hydrogens (tertiary/aromatic N) is 2. The van der Waals surface area contributed by atoms with E-state index in [1.807, 2.05) is 36.4 Å². The summed E-state index contributed by atoms with van der Waals surface area (Å²) in [5.41, 5.74) is 1.70. The van der Waals surface area contributed by atoms with Crippen LogP contribution in [0.5, 0.6) is 0 Å². The highest BCUT2D eigenvalue weighted by Gasteiger charge is 2.25. The summed E-state index contributed by atoms with van der Waals surface area (Å²) in [7, 11) is 0. The molecule has 0 bridgehead atoms. The van der Waals surface area contributed by atoms with Crippen LogP contribution < -0.4 is 0 Å². The van der Waals surface area contributed by atoms with Gasteiger partial charge < -0.3 is 0 Å². The summed E-state index contributed by atoms with van der Waals surface area (Å²) in [6, 6.07) is 12.9. The molecule has 3 nitrogen and oxygen atoms in total. The van der Waals surface area contributed by atoms with Gasteiger partial charge in [-0.15, -0.1) is 0 Å². The Kier molecular flexibility index (Phi) is 5.87. The van der Waals surface area contributed by atoms with Crippen molar-refractivity contribution < 1.29 is 4.79 Å². The van der Waals surface area contributed by atoms with E-state index in [0.717, 1.165) is 15.2 Å². The average molecular weight is 444 g/mol. The van der Waals surface area contributed by atoms with Crippen molar-refractivity contribution in [2.45, 2.75) is 5.75 Å². The first kappa shape index (κ1) is 17.8. The van der Waals surface area contributed by atoms with Crippen molar-refractivity contribution in [3.05, 3.63) is 68.1 Å². The van der Waals surface area contributed by atoms with E-state index in [1.165, 1.54) is 11.8 Å². The van der Waals surface area contributed by atoms with Crippen LogP contribution in [0.15, 0.2) is 51.9 Å². The first-order chi connectivity index (χ1) is 11.5. The van der Waals surface area contributed by atoms with Crippen molar-refractivity contribution in [1.29, 1.82) is 0 Å². The molecule has 7 heteroatoms. The van der Waals surface area contributed by atoms with E-state index in [1.54, 1.807) is 11.0 Å². The number of thioether (sulfide) groups is 1. The molecule has 2 aromatic carbocycles. The van der Waals surface area contributed by atoms with E-state index in [4.69, 9.17) is 23.2 Å². The van der Waals surface area contributed by atoms with Crippen LogP contribution in [-0.2, 0) is 5.75 Å². The maximum atomic E-state index is 12.7. The van der Waals surface area contributed by atoms with Crippen molar-refractivity contribution in [3.8, 4) is 0 Å². The van der Waals surface area contributed by atoms with Crippen molar-refractivity contribution >= 4 is 62.0 Å². The second kappa shape index (κ2) is 7.91. The van der Waals surface area contributed by atoms with Crippen LogP contribution in [0.1, 0.15) is 15.9 Å². The molecule has 0 N–H and O–H groups in total. The fourth-order valence-electron chi connectivity index (χ4n) is 2.26. The molecule has 0 fully saturated rings. The van der Waals surface area contributed by atoms with Gasteiger partial charge in [0.05, 0.1) is 16.6 Å². The number of rotatable bonds is 3. The van der Waals surface area contributed by atoms with Gasteiger partial charge in [0.25, 0.3) is 5.91 Å². The van der Waals surface area contributed by atoms with Crippen LogP contribution in [0, 0.1) is 0 Å². The van der Waals surface area contributed by atoms with Crippen LogP contribution in [0.3, 0.4) is 0 Å². The zero-order valence-electron chi connectivity index (χ0n) is 12.5. The van der Waals surface area contributed by atoms with Gasteiger partial charge in [-0.2, -0.15) is 0 Å². The molecule has 1 aliphatic rings. The second-order valence-corrected chi connectivity index (χ2v) is 7.84. The highest BCUT2D eigenvalue weighted by molar-refractivity contribution is 9.10. The van der Waals surface area contributed by atoms with E-state index < -0.39 is 0 Å². The highest BCUT2D eigenvalue weighted by atomic mass is 79.9. The lowest BCUT2D eigenvalue weighted by atomic mass is 10.2. The van der Waals surface area contributed by atoms with Gasteiger partial charge in [0, 0.05) is 22.3 Å². The summed E-state index contributed by atoms with van der Waals surface area (Å²) >= 11 is 16.9. The van der Waals surface area contributed by atoms with Gasteiger partial charge in [0.1, 0.15) is 0 Å². The first-order valence-corrected chi connectivity index (χ1v) is 9.76. The molecule has 0 aliphatic carbocycles. The predicted octanol–water partition coefficient (Wildman–Crippen LogP) is 5.50. The van der Waals surface area contributed by atoms with Crippen LogP contribution in [-0.4, -0.2) is 29.1 Å². The molecule has 0 unspecified atom stereocenters. The van der Waals surface area contributed by atoms with Gasteiger partial charge in [0.15, 0.2) is 5.17 Å². The maximum Gasteiger partial charge on any atom is 0.259 e. The second-order valence-electron chi connectivity index (χ2n) is 5.17. The van der Waals surface area contributed by atoms with Gasteiger partial charge in [0.2, 0.25) is 0 Å². The molecular weight excluding hydrogens is 431 g/mol. The lowest BCUT2D eigenvalue weighted by molar-refractivity contribution is 0.0860. The zero-order chi connectivity index (χ0) is 17.1. The predicted molar refractivity (Wildman–Crippen MR) is 105 cm³/mol. The first-order valence-electron chi connectivity index (χ1n) is 7.23. The van der Waals surface area contributed by atoms with Crippen molar-refractivity contribution in [2.24, 2.45) is 4.99 Å². The van der Waals surface area contributed by atoms with Crippen LogP contribution in [0.4, 0.5) is 0 Å². The number of carbonyl (C=O) groups excluding carboxylic acids is 1. The number of halogens is 3. The third kappa shape index (κ3) is 4.14. The van der Waals surface area contributed by atoms with E-state index in [-0.39, 0.29) is 5.91 Å².